The second kappa shape index (κ2) is 4.29. The summed E-state index contributed by atoms with van der Waals surface area (Å²) in [4.78, 5) is 4.26. The Balaban J connectivity index is 2.67. The molecule has 2 N–H and O–H groups in total. The molecule has 84 valence electrons. The first-order valence-corrected chi connectivity index (χ1v) is 5.87. The number of hydrogen-bond donors (Lipinski definition) is 1. The molecule has 1 heterocycles. The third-order valence-corrected chi connectivity index (χ3v) is 2.65. The second-order valence-corrected chi connectivity index (χ2v) is 4.79. The van der Waals surface area contributed by atoms with E-state index in [1.807, 2.05) is 32.0 Å². The van der Waals surface area contributed by atoms with Gasteiger partial charge in [0.15, 0.2) is 5.75 Å². The third-order valence-electron chi connectivity index (χ3n) is 2.16. The smallest absolute Gasteiger partial charge is 0.153 e. The summed E-state index contributed by atoms with van der Waals surface area (Å²) in [5.41, 5.74) is 7.33. The maximum Gasteiger partial charge on any atom is 0.153 e. The van der Waals surface area contributed by atoms with E-state index in [0.717, 1.165) is 15.4 Å². The average molecular weight is 281 g/mol. The molecule has 2 aromatic rings. The van der Waals surface area contributed by atoms with E-state index in [4.69, 9.17) is 10.5 Å². The Hall–Kier alpha value is -1.29. The van der Waals surface area contributed by atoms with Crippen molar-refractivity contribution < 1.29 is 4.74 Å². The van der Waals surface area contributed by atoms with Gasteiger partial charge in [0.2, 0.25) is 0 Å². The zero-order chi connectivity index (χ0) is 11.7. The van der Waals surface area contributed by atoms with E-state index < -0.39 is 0 Å². The van der Waals surface area contributed by atoms with Gasteiger partial charge in [0, 0.05) is 9.86 Å². The number of anilines is 1. The molecule has 0 saturated carbocycles. The predicted octanol–water partition coefficient (Wildman–Crippen LogP) is 3.37. The lowest BCUT2D eigenvalue weighted by Gasteiger charge is -2.14. The number of nitrogens with two attached hydrogens (primary N) is 1. The van der Waals surface area contributed by atoms with Gasteiger partial charge in [-0.05, 0) is 32.0 Å². The number of halogens is 1. The molecule has 0 amide bonds. The summed E-state index contributed by atoms with van der Waals surface area (Å²) in [5, 5.41) is 0.933. The number of fused-ring (bicyclic) bond motifs is 1. The molecule has 3 nitrogen and oxygen atoms in total. The Kier molecular flexibility index (Phi) is 3.01. The highest BCUT2D eigenvalue weighted by molar-refractivity contribution is 9.10. The summed E-state index contributed by atoms with van der Waals surface area (Å²) in [6.07, 6.45) is 1.72. The summed E-state index contributed by atoms with van der Waals surface area (Å²) in [6, 6.07) is 5.85. The van der Waals surface area contributed by atoms with Gasteiger partial charge in [0.25, 0.3) is 0 Å². The maximum absolute atomic E-state index is 5.88. The van der Waals surface area contributed by atoms with Crippen LogP contribution in [0.5, 0.6) is 5.75 Å². The van der Waals surface area contributed by atoms with Crippen molar-refractivity contribution in [1.29, 1.82) is 0 Å². The van der Waals surface area contributed by atoms with Crippen LogP contribution in [0, 0.1) is 0 Å². The van der Waals surface area contributed by atoms with Gasteiger partial charge < -0.3 is 10.5 Å². The predicted molar refractivity (Wildman–Crippen MR) is 69.6 cm³/mol. The van der Waals surface area contributed by atoms with E-state index in [2.05, 4.69) is 20.9 Å². The lowest BCUT2D eigenvalue weighted by molar-refractivity contribution is 0.247. The van der Waals surface area contributed by atoms with E-state index in [9.17, 15) is 0 Å². The van der Waals surface area contributed by atoms with Crippen molar-refractivity contribution in [2.24, 2.45) is 0 Å². The molecule has 4 heteroatoms. The Morgan fingerprint density at radius 3 is 2.81 bits per heavy atom. The van der Waals surface area contributed by atoms with Gasteiger partial charge in [-0.25, -0.2) is 0 Å². The molecule has 0 bridgehead atoms. The fourth-order valence-corrected chi connectivity index (χ4v) is 1.88. The zero-order valence-electron chi connectivity index (χ0n) is 9.20. The van der Waals surface area contributed by atoms with Crippen molar-refractivity contribution in [1.82, 2.24) is 4.98 Å². The normalized spacial score (nSPS) is 11.0. The minimum Gasteiger partial charge on any atom is -0.488 e. The standard InChI is InChI=1S/C12H13BrN2O/c1-7(2)16-12-9-5-8(13)3-4-11(9)15-6-10(12)14/h3-7H,14H2,1-2H3. The van der Waals surface area contributed by atoms with Gasteiger partial charge in [0.1, 0.15) is 0 Å². The number of ether oxygens (including phenoxy) is 1. The first kappa shape index (κ1) is 11.2. The van der Waals surface area contributed by atoms with Crippen LogP contribution in [0.2, 0.25) is 0 Å². The van der Waals surface area contributed by atoms with Gasteiger partial charge in [-0.15, -0.1) is 0 Å². The molecule has 1 aromatic carbocycles. The zero-order valence-corrected chi connectivity index (χ0v) is 10.8. The van der Waals surface area contributed by atoms with Crippen molar-refractivity contribution in [3.63, 3.8) is 0 Å². The minimum absolute atomic E-state index is 0.0897. The van der Waals surface area contributed by atoms with Crippen LogP contribution in [0.3, 0.4) is 0 Å². The van der Waals surface area contributed by atoms with Gasteiger partial charge in [-0.3, -0.25) is 4.98 Å². The van der Waals surface area contributed by atoms with E-state index in [0.29, 0.717) is 11.4 Å². The molecule has 0 fully saturated rings. The van der Waals surface area contributed by atoms with Crippen molar-refractivity contribution >= 4 is 32.5 Å². The Morgan fingerprint density at radius 1 is 1.38 bits per heavy atom. The first-order valence-electron chi connectivity index (χ1n) is 5.08. The molecular formula is C12H13BrN2O. The quantitative estimate of drug-likeness (QED) is 0.918. The lowest BCUT2D eigenvalue weighted by atomic mass is 10.2. The SMILES string of the molecule is CC(C)Oc1c(N)cnc2ccc(Br)cc12. The number of pyridine rings is 1. The average Bonchev–Trinajstić information content (AvgIpc) is 2.22. The van der Waals surface area contributed by atoms with Crippen LogP contribution >= 0.6 is 15.9 Å². The van der Waals surface area contributed by atoms with Crippen molar-refractivity contribution in [2.75, 3.05) is 5.73 Å². The molecule has 0 aliphatic rings. The fourth-order valence-electron chi connectivity index (χ4n) is 1.52. The fraction of sp³-hybridized carbons (Fsp3) is 0.250. The lowest BCUT2D eigenvalue weighted by Crippen LogP contribution is -2.08. The third kappa shape index (κ3) is 2.11. The molecule has 0 aliphatic carbocycles. The summed E-state index contributed by atoms with van der Waals surface area (Å²) in [7, 11) is 0. The number of hydrogen-bond acceptors (Lipinski definition) is 3. The van der Waals surface area contributed by atoms with Crippen LogP contribution in [0.25, 0.3) is 10.9 Å². The highest BCUT2D eigenvalue weighted by Gasteiger charge is 2.09. The molecular weight excluding hydrogens is 268 g/mol. The summed E-state index contributed by atoms with van der Waals surface area (Å²) in [6.45, 7) is 3.95. The van der Waals surface area contributed by atoms with E-state index in [-0.39, 0.29) is 6.10 Å². The second-order valence-electron chi connectivity index (χ2n) is 3.87. The topological polar surface area (TPSA) is 48.1 Å². The van der Waals surface area contributed by atoms with Crippen LogP contribution in [-0.4, -0.2) is 11.1 Å². The molecule has 0 aliphatic heterocycles. The molecule has 0 spiro atoms. The highest BCUT2D eigenvalue weighted by atomic mass is 79.9. The monoisotopic (exact) mass is 280 g/mol. The maximum atomic E-state index is 5.88. The van der Waals surface area contributed by atoms with Gasteiger partial charge >= 0.3 is 0 Å². The molecule has 0 saturated heterocycles. The molecule has 0 unspecified atom stereocenters. The molecule has 16 heavy (non-hydrogen) atoms. The highest BCUT2D eigenvalue weighted by Crippen LogP contribution is 2.32. The Labute approximate surface area is 103 Å². The van der Waals surface area contributed by atoms with E-state index in [1.165, 1.54) is 0 Å². The summed E-state index contributed by atoms with van der Waals surface area (Å²) >= 11 is 3.43. The molecule has 2 rings (SSSR count). The van der Waals surface area contributed by atoms with Gasteiger partial charge in [0.05, 0.1) is 23.5 Å². The number of benzene rings is 1. The van der Waals surface area contributed by atoms with Gasteiger partial charge in [-0.2, -0.15) is 0 Å². The number of nitrogens with zero attached hydrogens (tertiary/aromatic N) is 1. The van der Waals surface area contributed by atoms with E-state index >= 15 is 0 Å². The van der Waals surface area contributed by atoms with Crippen LogP contribution in [0.1, 0.15) is 13.8 Å². The van der Waals surface area contributed by atoms with Gasteiger partial charge in [-0.1, -0.05) is 15.9 Å². The van der Waals surface area contributed by atoms with Crippen molar-refractivity contribution in [3.8, 4) is 5.75 Å². The number of rotatable bonds is 2. The summed E-state index contributed by atoms with van der Waals surface area (Å²) < 4.78 is 6.71. The number of aromatic nitrogens is 1. The van der Waals surface area contributed by atoms with Crippen LogP contribution in [0.4, 0.5) is 5.69 Å². The number of nitrogen functional groups attached to an aromatic ring is 1. The molecule has 0 radical (unpaired) electrons. The van der Waals surface area contributed by atoms with Crippen LogP contribution < -0.4 is 10.5 Å². The molecule has 0 atom stereocenters. The largest absolute Gasteiger partial charge is 0.488 e. The first-order chi connectivity index (χ1) is 7.58. The van der Waals surface area contributed by atoms with Crippen molar-refractivity contribution in [3.05, 3.63) is 28.9 Å². The molecule has 1 aromatic heterocycles. The Bertz CT molecular complexity index is 520. The van der Waals surface area contributed by atoms with Crippen molar-refractivity contribution in [2.45, 2.75) is 20.0 Å². The van der Waals surface area contributed by atoms with Crippen LogP contribution in [-0.2, 0) is 0 Å². The van der Waals surface area contributed by atoms with E-state index in [1.54, 1.807) is 6.20 Å². The van der Waals surface area contributed by atoms with Crippen LogP contribution in [0.15, 0.2) is 28.9 Å². The minimum atomic E-state index is 0.0897. The Morgan fingerprint density at radius 2 is 2.12 bits per heavy atom. The summed E-state index contributed by atoms with van der Waals surface area (Å²) in [5.74, 6) is 0.710.